The molecule has 0 aliphatic carbocycles. The van der Waals surface area contributed by atoms with Gasteiger partial charge in [-0.1, -0.05) is 65.7 Å². The lowest BCUT2D eigenvalue weighted by Gasteiger charge is -2.05. The molecular weight excluding hydrogens is 438 g/mol. The molecule has 2 amide bonds. The van der Waals surface area contributed by atoms with Crippen molar-refractivity contribution in [3.63, 3.8) is 0 Å². The average Bonchev–Trinajstić information content (AvgIpc) is 3.25. The Balaban J connectivity index is 1.55. The molecule has 0 spiro atoms. The van der Waals surface area contributed by atoms with Crippen molar-refractivity contribution in [2.24, 2.45) is 5.10 Å². The minimum Gasteiger partial charge on any atom is -0.316 e. The van der Waals surface area contributed by atoms with Crippen molar-refractivity contribution in [3.8, 4) is 16.9 Å². The maximum absolute atomic E-state index is 12.2. The molecule has 7 nitrogen and oxygen atoms in total. The maximum atomic E-state index is 12.2. The summed E-state index contributed by atoms with van der Waals surface area (Å²) < 4.78 is 1.74. The van der Waals surface area contributed by atoms with E-state index in [1.807, 2.05) is 67.7 Å². The molecule has 0 saturated carbocycles. The summed E-state index contributed by atoms with van der Waals surface area (Å²) in [7, 11) is 0. The Hall–Kier alpha value is -4.23. The molecule has 8 heteroatoms. The molecule has 1 aromatic heterocycles. The average molecular weight is 458 g/mol. The third-order valence-corrected chi connectivity index (χ3v) is 5.08. The highest BCUT2D eigenvalue weighted by Gasteiger charge is 2.15. The highest BCUT2D eigenvalue weighted by atomic mass is 35.5. The van der Waals surface area contributed by atoms with Gasteiger partial charge in [0.15, 0.2) is 0 Å². The number of rotatable bonds is 5. The summed E-state index contributed by atoms with van der Waals surface area (Å²) >= 11 is 6.01. The van der Waals surface area contributed by atoms with Gasteiger partial charge < -0.3 is 5.32 Å². The molecule has 0 atom stereocenters. The monoisotopic (exact) mass is 457 g/mol. The third-order valence-electron chi connectivity index (χ3n) is 4.75. The second-order valence-corrected chi connectivity index (χ2v) is 7.62. The lowest BCUT2D eigenvalue weighted by Crippen LogP contribution is -2.32. The number of aromatic nitrogens is 2. The summed E-state index contributed by atoms with van der Waals surface area (Å²) in [6.45, 7) is 2.00. The summed E-state index contributed by atoms with van der Waals surface area (Å²) in [5.41, 5.74) is 6.85. The first-order valence-corrected chi connectivity index (χ1v) is 10.5. The number of nitrogens with zero attached hydrogens (tertiary/aromatic N) is 3. The van der Waals surface area contributed by atoms with Crippen LogP contribution in [0, 0.1) is 6.92 Å². The Morgan fingerprint density at radius 1 is 0.970 bits per heavy atom. The molecule has 1 heterocycles. The maximum Gasteiger partial charge on any atom is 0.329 e. The van der Waals surface area contributed by atoms with Gasteiger partial charge in [-0.15, -0.1) is 0 Å². The van der Waals surface area contributed by atoms with Gasteiger partial charge in [-0.25, -0.2) is 10.1 Å². The topological polar surface area (TPSA) is 88.4 Å². The molecule has 0 aliphatic heterocycles. The number of hydrazone groups is 1. The van der Waals surface area contributed by atoms with E-state index >= 15 is 0 Å². The van der Waals surface area contributed by atoms with Gasteiger partial charge in [-0.3, -0.25) is 9.59 Å². The van der Waals surface area contributed by atoms with Crippen LogP contribution in [0.15, 0.2) is 90.2 Å². The van der Waals surface area contributed by atoms with Crippen LogP contribution in [-0.4, -0.2) is 27.8 Å². The third kappa shape index (κ3) is 5.34. The summed E-state index contributed by atoms with van der Waals surface area (Å²) in [4.78, 5) is 24.3. The first-order chi connectivity index (χ1) is 16.0. The fourth-order valence-corrected chi connectivity index (χ4v) is 3.35. The summed E-state index contributed by atoms with van der Waals surface area (Å²) in [6.07, 6.45) is 3.28. The summed E-state index contributed by atoms with van der Waals surface area (Å²) in [6, 6.07) is 24.2. The SMILES string of the molecule is Cc1cccc(-c2nn(-c3ccccc3)cc2/C=N\NC(=O)C(=O)Nc2ccccc2Cl)c1. The van der Waals surface area contributed by atoms with E-state index in [-0.39, 0.29) is 0 Å². The smallest absolute Gasteiger partial charge is 0.316 e. The van der Waals surface area contributed by atoms with Crippen LogP contribution in [0.4, 0.5) is 5.69 Å². The Morgan fingerprint density at radius 2 is 1.73 bits per heavy atom. The fraction of sp³-hybridized carbons (Fsp3) is 0.0400. The number of hydrogen-bond acceptors (Lipinski definition) is 4. The van der Waals surface area contributed by atoms with E-state index in [0.29, 0.717) is 22.0 Å². The molecule has 3 aromatic carbocycles. The van der Waals surface area contributed by atoms with Crippen molar-refractivity contribution in [1.29, 1.82) is 0 Å². The number of hydrogen-bond donors (Lipinski definition) is 2. The number of para-hydroxylation sites is 2. The highest BCUT2D eigenvalue weighted by Crippen LogP contribution is 2.24. The van der Waals surface area contributed by atoms with E-state index in [9.17, 15) is 9.59 Å². The lowest BCUT2D eigenvalue weighted by molar-refractivity contribution is -0.136. The van der Waals surface area contributed by atoms with Gasteiger partial charge in [0.1, 0.15) is 5.69 Å². The van der Waals surface area contributed by atoms with Gasteiger partial charge in [-0.05, 0) is 37.3 Å². The van der Waals surface area contributed by atoms with E-state index in [0.717, 1.165) is 16.8 Å². The number of aryl methyl sites for hydroxylation is 1. The quantitative estimate of drug-likeness (QED) is 0.261. The van der Waals surface area contributed by atoms with E-state index in [4.69, 9.17) is 16.7 Å². The van der Waals surface area contributed by atoms with Gasteiger partial charge in [0.25, 0.3) is 0 Å². The Kier molecular flexibility index (Phi) is 6.61. The predicted molar refractivity (Wildman–Crippen MR) is 130 cm³/mol. The standard InChI is InChI=1S/C25H20ClN5O2/c1-17-8-7-9-18(14-17)23-19(16-31(30-23)20-10-3-2-4-11-20)15-27-29-25(33)24(32)28-22-13-6-5-12-21(22)26/h2-16H,1H3,(H,28,32)(H,29,33)/b27-15-. The van der Waals surface area contributed by atoms with Crippen molar-refractivity contribution in [2.75, 3.05) is 5.32 Å². The molecule has 0 aliphatic rings. The number of nitrogens with one attached hydrogen (secondary N) is 2. The molecule has 33 heavy (non-hydrogen) atoms. The minimum atomic E-state index is -0.918. The largest absolute Gasteiger partial charge is 0.329 e. The molecule has 0 radical (unpaired) electrons. The minimum absolute atomic E-state index is 0.332. The Bertz CT molecular complexity index is 1330. The number of carbonyl (C=O) groups is 2. The molecule has 0 bridgehead atoms. The fourth-order valence-electron chi connectivity index (χ4n) is 3.16. The van der Waals surface area contributed by atoms with Crippen LogP contribution in [0.1, 0.15) is 11.1 Å². The van der Waals surface area contributed by atoms with Crippen LogP contribution in [0.3, 0.4) is 0 Å². The van der Waals surface area contributed by atoms with Crippen LogP contribution in [0.2, 0.25) is 5.02 Å². The number of carbonyl (C=O) groups excluding carboxylic acids is 2. The van der Waals surface area contributed by atoms with Crippen LogP contribution in [0.5, 0.6) is 0 Å². The molecule has 4 rings (SSSR count). The molecule has 0 saturated heterocycles. The van der Waals surface area contributed by atoms with Gasteiger partial charge in [0.2, 0.25) is 0 Å². The normalized spacial score (nSPS) is 10.8. The molecule has 164 valence electrons. The molecular formula is C25H20ClN5O2. The first kappa shape index (κ1) is 22.0. The number of anilines is 1. The van der Waals surface area contributed by atoms with E-state index in [2.05, 4.69) is 15.8 Å². The molecule has 4 aromatic rings. The predicted octanol–water partition coefficient (Wildman–Crippen LogP) is 4.59. The summed E-state index contributed by atoms with van der Waals surface area (Å²) in [5.74, 6) is -1.79. The zero-order valence-corrected chi connectivity index (χ0v) is 18.5. The molecule has 2 N–H and O–H groups in total. The van der Waals surface area contributed by atoms with Crippen molar-refractivity contribution >= 4 is 35.3 Å². The Labute approximate surface area is 195 Å². The van der Waals surface area contributed by atoms with Gasteiger partial charge in [-0.2, -0.15) is 10.2 Å². The molecule has 0 unspecified atom stereocenters. The number of halogens is 1. The van der Waals surface area contributed by atoms with E-state index in [1.165, 1.54) is 6.21 Å². The van der Waals surface area contributed by atoms with Crippen molar-refractivity contribution in [1.82, 2.24) is 15.2 Å². The summed E-state index contributed by atoms with van der Waals surface area (Å²) in [5, 5.41) is 11.5. The second-order valence-electron chi connectivity index (χ2n) is 7.22. The van der Waals surface area contributed by atoms with Crippen LogP contribution < -0.4 is 10.7 Å². The highest BCUT2D eigenvalue weighted by molar-refractivity contribution is 6.41. The number of amides is 2. The second kappa shape index (κ2) is 9.93. The molecule has 0 fully saturated rings. The van der Waals surface area contributed by atoms with Crippen molar-refractivity contribution in [3.05, 3.63) is 101 Å². The van der Waals surface area contributed by atoms with E-state index < -0.39 is 11.8 Å². The Morgan fingerprint density at radius 3 is 2.48 bits per heavy atom. The van der Waals surface area contributed by atoms with Gasteiger partial charge in [0, 0.05) is 17.3 Å². The van der Waals surface area contributed by atoms with Gasteiger partial charge >= 0.3 is 11.8 Å². The lowest BCUT2D eigenvalue weighted by atomic mass is 10.1. The first-order valence-electron chi connectivity index (χ1n) is 10.1. The number of benzene rings is 3. The van der Waals surface area contributed by atoms with Crippen LogP contribution >= 0.6 is 11.6 Å². The van der Waals surface area contributed by atoms with Crippen LogP contribution in [0.25, 0.3) is 16.9 Å². The van der Waals surface area contributed by atoms with Crippen LogP contribution in [-0.2, 0) is 9.59 Å². The van der Waals surface area contributed by atoms with E-state index in [1.54, 1.807) is 28.9 Å². The van der Waals surface area contributed by atoms with Crippen molar-refractivity contribution < 1.29 is 9.59 Å². The van der Waals surface area contributed by atoms with Gasteiger partial charge in [0.05, 0.1) is 22.6 Å². The zero-order chi connectivity index (χ0) is 23.2. The van der Waals surface area contributed by atoms with Crippen molar-refractivity contribution in [2.45, 2.75) is 6.92 Å². The zero-order valence-electron chi connectivity index (χ0n) is 17.7.